The number of rotatable bonds is 11. The minimum Gasteiger partial charge on any atom is -0.489 e. The van der Waals surface area contributed by atoms with Crippen molar-refractivity contribution in [2.24, 2.45) is 10.8 Å². The quantitative estimate of drug-likeness (QED) is 0.0842. The molecule has 3 N–H and O–H groups in total. The summed E-state index contributed by atoms with van der Waals surface area (Å²) < 4.78 is 43.9. The molecule has 5 aromatic rings. The Balaban J connectivity index is 0.870. The molecule has 18 heteroatoms. The molecule has 4 fully saturated rings. The first kappa shape index (κ1) is 50.2. The maximum atomic E-state index is 14.8. The van der Waals surface area contributed by atoms with Crippen molar-refractivity contribution in [3.8, 4) is 11.6 Å². The van der Waals surface area contributed by atoms with E-state index in [1.807, 2.05) is 35.4 Å². The molecule has 1 amide bonds. The van der Waals surface area contributed by atoms with Crippen LogP contribution in [-0.4, -0.2) is 135 Å². The number of nitro groups is 1. The summed E-state index contributed by atoms with van der Waals surface area (Å²) in [5.74, 6) is 0.0679. The molecular weight excluding hydrogens is 957 g/mol. The lowest BCUT2D eigenvalue weighted by Gasteiger charge is -2.56. The summed E-state index contributed by atoms with van der Waals surface area (Å²) >= 11 is 0. The van der Waals surface area contributed by atoms with E-state index in [1.165, 1.54) is 42.9 Å². The second-order valence-electron chi connectivity index (χ2n) is 23.3. The van der Waals surface area contributed by atoms with Gasteiger partial charge in [-0.1, -0.05) is 58.9 Å². The average Bonchev–Trinajstić information content (AvgIpc) is 4.01. The number of likely N-dealkylation sites (tertiary alicyclic amines) is 1. The van der Waals surface area contributed by atoms with Gasteiger partial charge in [0.2, 0.25) is 5.88 Å². The number of H-pyrrole nitrogens is 1. The largest absolute Gasteiger partial charge is 0.489 e. The number of sulfonamides is 1. The van der Waals surface area contributed by atoms with Gasteiger partial charge in [0.1, 0.15) is 24.0 Å². The van der Waals surface area contributed by atoms with Gasteiger partial charge in [-0.2, -0.15) is 4.98 Å². The Morgan fingerprint density at radius 1 is 0.946 bits per heavy atom. The minimum absolute atomic E-state index is 0.0400. The number of pyridine rings is 1. The van der Waals surface area contributed by atoms with Gasteiger partial charge >= 0.3 is 0 Å². The topological polar surface area (TPSA) is 182 Å². The fourth-order valence-electron chi connectivity index (χ4n) is 12.8. The van der Waals surface area contributed by atoms with Gasteiger partial charge in [0.25, 0.3) is 21.6 Å². The van der Waals surface area contributed by atoms with Crippen molar-refractivity contribution in [2.45, 2.75) is 115 Å². The molecule has 0 bridgehead atoms. The third-order valence-electron chi connectivity index (χ3n) is 17.0. The number of hydrogen-bond acceptors (Lipinski definition) is 14. The highest BCUT2D eigenvalue weighted by Crippen LogP contribution is 2.55. The highest BCUT2D eigenvalue weighted by Gasteiger charge is 2.50. The first-order valence-electron chi connectivity index (χ1n) is 26.8. The fourth-order valence-corrected chi connectivity index (χ4v) is 13.8. The van der Waals surface area contributed by atoms with Crippen molar-refractivity contribution in [1.82, 2.24) is 29.4 Å². The van der Waals surface area contributed by atoms with Crippen LogP contribution in [0, 0.1) is 20.9 Å². The Kier molecular flexibility index (Phi) is 13.3. The van der Waals surface area contributed by atoms with Crippen LogP contribution in [0.1, 0.15) is 113 Å². The summed E-state index contributed by atoms with van der Waals surface area (Å²) in [6.07, 6.45) is 9.16. The molecule has 11 rings (SSSR count). The van der Waals surface area contributed by atoms with Gasteiger partial charge in [0.05, 0.1) is 27.1 Å². The smallest absolute Gasteiger partial charge is 0.297 e. The molecule has 5 aliphatic heterocycles. The van der Waals surface area contributed by atoms with Gasteiger partial charge in [-0.05, 0) is 110 Å². The molecule has 0 unspecified atom stereocenters. The molecule has 7 heterocycles. The number of nitrogens with one attached hydrogen (secondary N) is 3. The predicted octanol–water partition coefficient (Wildman–Crippen LogP) is 9.05. The van der Waals surface area contributed by atoms with Crippen LogP contribution in [0.25, 0.3) is 11.0 Å². The Bertz CT molecular complexity index is 3040. The summed E-state index contributed by atoms with van der Waals surface area (Å²) in [4.78, 5) is 46.3. The van der Waals surface area contributed by atoms with E-state index >= 15 is 0 Å². The number of piperidine rings is 1. The molecule has 3 atom stereocenters. The summed E-state index contributed by atoms with van der Waals surface area (Å²) in [5.41, 5.74) is 5.57. The van der Waals surface area contributed by atoms with Crippen LogP contribution >= 0.6 is 0 Å². The average molecular weight is 1030 g/mol. The highest BCUT2D eigenvalue weighted by molar-refractivity contribution is 7.90. The van der Waals surface area contributed by atoms with Gasteiger partial charge in [-0.3, -0.25) is 24.7 Å². The number of hydrogen-bond donors (Lipinski definition) is 3. The summed E-state index contributed by atoms with van der Waals surface area (Å²) in [5, 5.41) is 16.7. The van der Waals surface area contributed by atoms with Gasteiger partial charge in [0, 0.05) is 100 Å². The molecule has 6 aliphatic rings. The lowest BCUT2D eigenvalue weighted by molar-refractivity contribution is -0.384. The Labute approximate surface area is 435 Å². The standard InChI is InChI=1S/C56H72N10O7S/c1-36(2)42-10-7-8-11-43(42)45-12-9-20-64(45)40-32-56(33-40)17-22-63(23-18-56)39-13-14-44(46(29-39)65-21-16-50(55(3,4)5)73-54-48(65)28-37-15-19-57-52(37)59-54)53(67)60-74(70,71)41-30-47(66(68)69)51-49(31-41)72-35-38(58-51)34-62-26-24-61(6)25-27-62/h7-8,10-11,13-15,19,28-31,36,38,40,45,50,58H,9,12,16-18,20-27,32-35H2,1-6H3,(H,57,59)(H,60,67)/t38-,45+,50-/m1/s1. The summed E-state index contributed by atoms with van der Waals surface area (Å²) in [6.45, 7) is 18.7. The predicted molar refractivity (Wildman–Crippen MR) is 289 cm³/mol. The van der Waals surface area contributed by atoms with Crippen LogP contribution < -0.4 is 29.3 Å². The van der Waals surface area contributed by atoms with Gasteiger partial charge in [0.15, 0.2) is 11.4 Å². The normalized spacial score (nSPS) is 22.9. The number of anilines is 4. The number of amides is 1. The molecule has 17 nitrogen and oxygen atoms in total. The lowest BCUT2D eigenvalue weighted by Crippen LogP contribution is -2.55. The van der Waals surface area contributed by atoms with Crippen molar-refractivity contribution >= 4 is 55.4 Å². The molecule has 1 saturated carbocycles. The zero-order valence-electron chi connectivity index (χ0n) is 43.7. The van der Waals surface area contributed by atoms with Crippen LogP contribution in [0.4, 0.5) is 28.4 Å². The molecular formula is C56H72N10O7S. The first-order valence-corrected chi connectivity index (χ1v) is 28.3. The molecule has 0 radical (unpaired) electrons. The Hall–Kier alpha value is -5.95. The van der Waals surface area contributed by atoms with Crippen LogP contribution in [-0.2, 0) is 10.0 Å². The number of fused-ring (bicyclic) bond motifs is 3. The van der Waals surface area contributed by atoms with Crippen molar-refractivity contribution in [2.75, 3.05) is 87.7 Å². The number of piperazine rings is 1. The molecule has 2 aromatic heterocycles. The third-order valence-corrected chi connectivity index (χ3v) is 18.4. The van der Waals surface area contributed by atoms with E-state index in [9.17, 15) is 23.3 Å². The van der Waals surface area contributed by atoms with Crippen LogP contribution in [0.15, 0.2) is 77.8 Å². The van der Waals surface area contributed by atoms with Crippen LogP contribution in [0.2, 0.25) is 0 Å². The molecule has 3 aromatic carbocycles. The van der Waals surface area contributed by atoms with E-state index in [0.29, 0.717) is 65.8 Å². The molecule has 3 saturated heterocycles. The summed E-state index contributed by atoms with van der Waals surface area (Å²) in [7, 11) is -2.60. The van der Waals surface area contributed by atoms with Crippen molar-refractivity contribution in [3.05, 3.63) is 99.7 Å². The highest BCUT2D eigenvalue weighted by atomic mass is 32.2. The second-order valence-corrected chi connectivity index (χ2v) is 25.0. The van der Waals surface area contributed by atoms with Crippen LogP contribution in [0.3, 0.4) is 0 Å². The molecule has 74 heavy (non-hydrogen) atoms. The number of nitrogens with zero attached hydrogens (tertiary/aromatic N) is 7. The Morgan fingerprint density at radius 2 is 1.72 bits per heavy atom. The van der Waals surface area contributed by atoms with E-state index in [0.717, 1.165) is 75.8 Å². The van der Waals surface area contributed by atoms with Gasteiger partial charge in [-0.15, -0.1) is 0 Å². The van der Waals surface area contributed by atoms with Gasteiger partial charge < -0.3 is 34.5 Å². The van der Waals surface area contributed by atoms with E-state index < -0.39 is 31.4 Å². The number of nitro benzene ring substituents is 1. The fraction of sp³-hybridized carbons (Fsp3) is 0.536. The number of ether oxygens (including phenoxy) is 2. The van der Waals surface area contributed by atoms with E-state index in [-0.39, 0.29) is 41.2 Å². The second kappa shape index (κ2) is 19.6. The molecule has 394 valence electrons. The van der Waals surface area contributed by atoms with E-state index in [4.69, 9.17) is 14.5 Å². The number of carbonyl (C=O) groups excluding carboxylic acids is 1. The van der Waals surface area contributed by atoms with Crippen molar-refractivity contribution in [1.29, 1.82) is 0 Å². The maximum Gasteiger partial charge on any atom is 0.297 e. The SMILES string of the molecule is CC(C)c1ccccc1[C@@H]1CCCN1C1CC2(CCN(c3ccc(C(=O)NS(=O)(=O)c4cc5c(c([N+](=O)[O-])c4)N[C@H](CN4CCN(C)CC4)CO5)c(N4CC[C@H](C(C)(C)C)Oc5nc6[nH]ccc6cc54)c3)CC2)C1. The number of benzene rings is 3. The maximum absolute atomic E-state index is 14.8. The number of likely N-dealkylation sites (N-methyl/N-ethyl adjacent to an activating group) is 1. The van der Waals surface area contributed by atoms with Gasteiger partial charge in [-0.25, -0.2) is 13.1 Å². The zero-order valence-corrected chi connectivity index (χ0v) is 44.5. The van der Waals surface area contributed by atoms with E-state index in [1.54, 1.807) is 6.07 Å². The number of aromatic amines is 1. The lowest BCUT2D eigenvalue weighted by atomic mass is 9.59. The van der Waals surface area contributed by atoms with Crippen LogP contribution in [0.5, 0.6) is 11.6 Å². The van der Waals surface area contributed by atoms with Crippen molar-refractivity contribution in [3.63, 3.8) is 0 Å². The Morgan fingerprint density at radius 3 is 2.46 bits per heavy atom. The summed E-state index contributed by atoms with van der Waals surface area (Å²) in [6, 6.07) is 21.7. The zero-order chi connectivity index (χ0) is 51.7. The van der Waals surface area contributed by atoms with E-state index in [2.05, 4.69) is 101 Å². The number of aromatic nitrogens is 2. The minimum atomic E-state index is -4.68. The first-order chi connectivity index (χ1) is 35.4. The number of carbonyl (C=O) groups is 1. The van der Waals surface area contributed by atoms with Crippen molar-refractivity contribution < 1.29 is 27.6 Å². The molecule has 1 aliphatic carbocycles. The third kappa shape index (κ3) is 9.78. The molecule has 1 spiro atoms. The monoisotopic (exact) mass is 1030 g/mol.